The van der Waals surface area contributed by atoms with Gasteiger partial charge in [0.2, 0.25) is 10.0 Å². The maximum Gasteiger partial charge on any atom is 0.209 e. The normalized spacial score (nSPS) is 17.2. The monoisotopic (exact) mass is 268 g/mol. The predicted octanol–water partition coefficient (Wildman–Crippen LogP) is 1.33. The molecule has 0 aromatic heterocycles. The van der Waals surface area contributed by atoms with E-state index in [1.807, 2.05) is 12.1 Å². The summed E-state index contributed by atoms with van der Waals surface area (Å²) in [6.45, 7) is 3.68. The molecule has 1 aromatic rings. The summed E-state index contributed by atoms with van der Waals surface area (Å²) in [5.41, 5.74) is 2.27. The minimum Gasteiger partial charge on any atom is -0.299 e. The molecule has 1 aromatic carbocycles. The molecule has 100 valence electrons. The van der Waals surface area contributed by atoms with E-state index in [9.17, 15) is 8.42 Å². The summed E-state index contributed by atoms with van der Waals surface area (Å²) in [5.74, 6) is 0. The van der Waals surface area contributed by atoms with Gasteiger partial charge >= 0.3 is 0 Å². The van der Waals surface area contributed by atoms with E-state index < -0.39 is 10.0 Å². The van der Waals surface area contributed by atoms with Crippen LogP contribution >= 0.6 is 0 Å². The van der Waals surface area contributed by atoms with E-state index in [4.69, 9.17) is 0 Å². The topological polar surface area (TPSA) is 49.4 Å². The molecule has 1 fully saturated rings. The van der Waals surface area contributed by atoms with Gasteiger partial charge in [-0.3, -0.25) is 4.90 Å². The molecule has 0 saturated carbocycles. The summed E-state index contributed by atoms with van der Waals surface area (Å²) in [6, 6.07) is 8.12. The first-order valence-corrected chi connectivity index (χ1v) is 8.17. The van der Waals surface area contributed by atoms with Crippen molar-refractivity contribution in [2.45, 2.75) is 25.9 Å². The Labute approximate surface area is 109 Å². The smallest absolute Gasteiger partial charge is 0.209 e. The number of sulfonamides is 1. The Kier molecular flexibility index (Phi) is 4.37. The van der Waals surface area contributed by atoms with Crippen LogP contribution in [0.1, 0.15) is 24.0 Å². The summed E-state index contributed by atoms with van der Waals surface area (Å²) in [6.07, 6.45) is 3.76. The first-order valence-electron chi connectivity index (χ1n) is 6.28. The van der Waals surface area contributed by atoms with E-state index in [0.717, 1.165) is 12.1 Å². The molecule has 1 saturated heterocycles. The maximum atomic E-state index is 11.0. The van der Waals surface area contributed by atoms with Crippen LogP contribution < -0.4 is 4.72 Å². The quantitative estimate of drug-likeness (QED) is 0.876. The summed E-state index contributed by atoms with van der Waals surface area (Å²) >= 11 is 0. The van der Waals surface area contributed by atoms with Crippen molar-refractivity contribution in [2.75, 3.05) is 19.3 Å². The van der Waals surface area contributed by atoms with Gasteiger partial charge in [0.15, 0.2) is 0 Å². The summed E-state index contributed by atoms with van der Waals surface area (Å²) < 4.78 is 24.6. The molecule has 2 rings (SSSR count). The first kappa shape index (κ1) is 13.5. The van der Waals surface area contributed by atoms with E-state index in [0.29, 0.717) is 6.54 Å². The third-order valence-electron chi connectivity index (χ3n) is 3.13. The van der Waals surface area contributed by atoms with Crippen LogP contribution in [0.15, 0.2) is 24.3 Å². The Hall–Kier alpha value is -0.910. The number of hydrogen-bond acceptors (Lipinski definition) is 3. The van der Waals surface area contributed by atoms with E-state index in [-0.39, 0.29) is 0 Å². The fraction of sp³-hybridized carbons (Fsp3) is 0.538. The summed E-state index contributed by atoms with van der Waals surface area (Å²) in [5, 5.41) is 0. The third-order valence-corrected chi connectivity index (χ3v) is 3.80. The zero-order valence-electron chi connectivity index (χ0n) is 10.7. The maximum absolute atomic E-state index is 11.0. The molecular formula is C13H20N2O2S. The number of rotatable bonds is 5. The lowest BCUT2D eigenvalue weighted by molar-refractivity contribution is 0.331. The van der Waals surface area contributed by atoms with Crippen LogP contribution in [0.4, 0.5) is 0 Å². The minimum atomic E-state index is -3.12. The molecule has 0 spiro atoms. The van der Waals surface area contributed by atoms with Gasteiger partial charge in [-0.2, -0.15) is 0 Å². The second kappa shape index (κ2) is 5.82. The number of nitrogens with one attached hydrogen (secondary N) is 1. The first-order chi connectivity index (χ1) is 8.53. The van der Waals surface area contributed by atoms with Crippen LogP contribution in [0, 0.1) is 0 Å². The summed E-state index contributed by atoms with van der Waals surface area (Å²) in [7, 11) is -3.12. The van der Waals surface area contributed by atoms with Gasteiger partial charge in [0.1, 0.15) is 0 Å². The lowest BCUT2D eigenvalue weighted by Gasteiger charge is -2.15. The molecule has 1 aliphatic heterocycles. The standard InChI is InChI=1S/C13H20N2O2S/c1-18(16,17)14-10-12-5-4-6-13(9-12)11-15-7-2-3-8-15/h4-6,9,14H,2-3,7-8,10-11H2,1H3. The van der Waals surface area contributed by atoms with Crippen LogP contribution in [0.3, 0.4) is 0 Å². The average Bonchev–Trinajstić information content (AvgIpc) is 2.79. The molecular weight excluding hydrogens is 248 g/mol. The van der Waals surface area contributed by atoms with Gasteiger partial charge in [-0.15, -0.1) is 0 Å². The molecule has 5 heteroatoms. The minimum absolute atomic E-state index is 0.368. The number of hydrogen-bond donors (Lipinski definition) is 1. The van der Waals surface area contributed by atoms with Crippen molar-refractivity contribution in [3.8, 4) is 0 Å². The highest BCUT2D eigenvalue weighted by Crippen LogP contribution is 2.13. The molecule has 0 bridgehead atoms. The van der Waals surface area contributed by atoms with Crippen LogP contribution in [0.2, 0.25) is 0 Å². The van der Waals surface area contributed by atoms with E-state index in [1.54, 1.807) is 0 Å². The molecule has 1 N–H and O–H groups in total. The SMILES string of the molecule is CS(=O)(=O)NCc1cccc(CN2CCCC2)c1. The van der Waals surface area contributed by atoms with Crippen molar-refractivity contribution >= 4 is 10.0 Å². The second-order valence-electron chi connectivity index (χ2n) is 4.90. The number of nitrogens with zero attached hydrogens (tertiary/aromatic N) is 1. The Morgan fingerprint density at radius 1 is 1.22 bits per heavy atom. The zero-order valence-corrected chi connectivity index (χ0v) is 11.5. The Bertz CT molecular complexity index is 493. The van der Waals surface area contributed by atoms with Gasteiger partial charge in [-0.25, -0.2) is 13.1 Å². The molecule has 1 heterocycles. The molecule has 4 nitrogen and oxygen atoms in total. The Morgan fingerprint density at radius 3 is 2.56 bits per heavy atom. The molecule has 1 aliphatic rings. The lowest BCUT2D eigenvalue weighted by Crippen LogP contribution is -2.21. The van der Waals surface area contributed by atoms with Gasteiger partial charge < -0.3 is 0 Å². The van der Waals surface area contributed by atoms with Gasteiger partial charge in [0, 0.05) is 13.1 Å². The predicted molar refractivity (Wildman–Crippen MR) is 72.6 cm³/mol. The molecule has 0 atom stereocenters. The molecule has 18 heavy (non-hydrogen) atoms. The molecule has 0 aliphatic carbocycles. The fourth-order valence-electron chi connectivity index (χ4n) is 2.25. The van der Waals surface area contributed by atoms with Crippen molar-refractivity contribution in [1.29, 1.82) is 0 Å². The molecule has 0 unspecified atom stereocenters. The van der Waals surface area contributed by atoms with Crippen molar-refractivity contribution in [3.63, 3.8) is 0 Å². The van der Waals surface area contributed by atoms with Crippen molar-refractivity contribution in [2.24, 2.45) is 0 Å². The van der Waals surface area contributed by atoms with Crippen molar-refractivity contribution in [3.05, 3.63) is 35.4 Å². The Balaban J connectivity index is 1.96. The highest BCUT2D eigenvalue weighted by atomic mass is 32.2. The van der Waals surface area contributed by atoms with E-state index in [1.165, 1.54) is 37.8 Å². The van der Waals surface area contributed by atoms with Crippen LogP contribution in [0.25, 0.3) is 0 Å². The third kappa shape index (κ3) is 4.40. The van der Waals surface area contributed by atoms with Crippen LogP contribution in [0.5, 0.6) is 0 Å². The second-order valence-corrected chi connectivity index (χ2v) is 6.73. The van der Waals surface area contributed by atoms with Crippen LogP contribution in [-0.4, -0.2) is 32.7 Å². The highest BCUT2D eigenvalue weighted by Gasteiger charge is 2.11. The van der Waals surface area contributed by atoms with E-state index >= 15 is 0 Å². The van der Waals surface area contributed by atoms with Crippen LogP contribution in [-0.2, 0) is 23.1 Å². The van der Waals surface area contributed by atoms with Crippen molar-refractivity contribution in [1.82, 2.24) is 9.62 Å². The Morgan fingerprint density at radius 2 is 1.89 bits per heavy atom. The fourth-order valence-corrected chi connectivity index (χ4v) is 2.68. The van der Waals surface area contributed by atoms with E-state index in [2.05, 4.69) is 21.8 Å². The van der Waals surface area contributed by atoms with Gasteiger partial charge in [0.05, 0.1) is 6.26 Å². The van der Waals surface area contributed by atoms with Crippen molar-refractivity contribution < 1.29 is 8.42 Å². The molecule has 0 amide bonds. The molecule has 0 radical (unpaired) electrons. The number of benzene rings is 1. The van der Waals surface area contributed by atoms with Gasteiger partial charge in [0.25, 0.3) is 0 Å². The number of likely N-dealkylation sites (tertiary alicyclic amines) is 1. The van der Waals surface area contributed by atoms with Gasteiger partial charge in [-0.05, 0) is 37.1 Å². The highest BCUT2D eigenvalue weighted by molar-refractivity contribution is 7.88. The lowest BCUT2D eigenvalue weighted by atomic mass is 10.1. The summed E-state index contributed by atoms with van der Waals surface area (Å²) in [4.78, 5) is 2.43. The average molecular weight is 268 g/mol. The largest absolute Gasteiger partial charge is 0.299 e. The van der Waals surface area contributed by atoms with Gasteiger partial charge in [-0.1, -0.05) is 24.3 Å². The zero-order chi connectivity index (χ0) is 13.0.